The van der Waals surface area contributed by atoms with Crippen molar-refractivity contribution >= 4 is 67.5 Å². The van der Waals surface area contributed by atoms with E-state index in [1.54, 1.807) is 6.21 Å². The first-order valence-electron chi connectivity index (χ1n) is 10.5. The van der Waals surface area contributed by atoms with Gasteiger partial charge in [-0.3, -0.25) is 4.79 Å². The highest BCUT2D eigenvalue weighted by Gasteiger charge is 2.18. The van der Waals surface area contributed by atoms with Crippen LogP contribution in [0.5, 0.6) is 11.5 Å². The van der Waals surface area contributed by atoms with E-state index in [4.69, 9.17) is 9.47 Å². The number of ether oxygens (including phenoxy) is 2. The molecule has 1 aliphatic rings. The van der Waals surface area contributed by atoms with Crippen molar-refractivity contribution in [2.75, 3.05) is 18.1 Å². The van der Waals surface area contributed by atoms with Crippen molar-refractivity contribution in [2.45, 2.75) is 11.2 Å². The van der Waals surface area contributed by atoms with Crippen molar-refractivity contribution in [1.82, 2.24) is 5.43 Å². The normalized spacial score (nSPS) is 13.8. The molecule has 0 bridgehead atoms. The summed E-state index contributed by atoms with van der Waals surface area (Å²) < 4.78 is 13.8. The lowest BCUT2D eigenvalue weighted by Gasteiger charge is -2.10. The van der Waals surface area contributed by atoms with E-state index in [0.717, 1.165) is 25.8 Å². The standard InChI is InChI=1S/C25H22Br2N2O3S2/c26-20-6-1-17(2-7-20)15-32-23-10-3-18(13-22(23)27)14-28-29-24(30)16-31-21-8-4-19(5-9-21)25-33-11-12-34-25/h1-10,13-14,25H,11-12,15-16H2,(H,29,30)/b28-14-. The van der Waals surface area contributed by atoms with Crippen LogP contribution in [-0.2, 0) is 11.4 Å². The number of halogens is 2. The van der Waals surface area contributed by atoms with Gasteiger partial charge >= 0.3 is 0 Å². The lowest BCUT2D eigenvalue weighted by Crippen LogP contribution is -2.24. The van der Waals surface area contributed by atoms with Gasteiger partial charge in [0.25, 0.3) is 5.91 Å². The molecule has 4 rings (SSSR count). The van der Waals surface area contributed by atoms with Gasteiger partial charge in [-0.05, 0) is 75.1 Å². The molecule has 1 N–H and O–H groups in total. The van der Waals surface area contributed by atoms with Gasteiger partial charge in [-0.25, -0.2) is 5.43 Å². The summed E-state index contributed by atoms with van der Waals surface area (Å²) in [6, 6.07) is 21.5. The lowest BCUT2D eigenvalue weighted by atomic mass is 10.2. The number of rotatable bonds is 9. The van der Waals surface area contributed by atoms with Gasteiger partial charge in [-0.15, -0.1) is 23.5 Å². The number of nitrogens with zero attached hydrogens (tertiary/aromatic N) is 1. The van der Waals surface area contributed by atoms with Crippen LogP contribution in [0.4, 0.5) is 0 Å². The molecule has 5 nitrogen and oxygen atoms in total. The molecular weight excluding hydrogens is 600 g/mol. The Bertz CT molecular complexity index is 1140. The number of carbonyl (C=O) groups excluding carboxylic acids is 1. The SMILES string of the molecule is O=C(COc1ccc(C2SCCS2)cc1)N/N=C\c1ccc(OCc2ccc(Br)cc2)c(Br)c1. The molecule has 0 aromatic heterocycles. The van der Waals surface area contributed by atoms with E-state index in [-0.39, 0.29) is 12.5 Å². The topological polar surface area (TPSA) is 59.9 Å². The molecule has 176 valence electrons. The smallest absolute Gasteiger partial charge is 0.277 e. The number of hydrogen-bond acceptors (Lipinski definition) is 6. The molecule has 1 aliphatic heterocycles. The third-order valence-electron chi connectivity index (χ3n) is 4.81. The molecule has 1 amide bonds. The van der Waals surface area contributed by atoms with Crippen LogP contribution in [0.25, 0.3) is 0 Å². The molecule has 0 spiro atoms. The first-order chi connectivity index (χ1) is 16.6. The van der Waals surface area contributed by atoms with Crippen LogP contribution >= 0.6 is 55.4 Å². The molecular formula is C25H22Br2N2O3S2. The van der Waals surface area contributed by atoms with Crippen LogP contribution in [0, 0.1) is 0 Å². The summed E-state index contributed by atoms with van der Waals surface area (Å²) in [7, 11) is 0. The van der Waals surface area contributed by atoms with Crippen molar-refractivity contribution < 1.29 is 14.3 Å². The molecule has 1 fully saturated rings. The maximum Gasteiger partial charge on any atom is 0.277 e. The monoisotopic (exact) mass is 620 g/mol. The predicted molar refractivity (Wildman–Crippen MR) is 148 cm³/mol. The zero-order chi connectivity index (χ0) is 23.8. The highest BCUT2D eigenvalue weighted by molar-refractivity contribution is 9.10. The van der Waals surface area contributed by atoms with Crippen LogP contribution < -0.4 is 14.9 Å². The minimum atomic E-state index is -0.323. The third-order valence-corrected chi connectivity index (χ3v) is 9.06. The summed E-state index contributed by atoms with van der Waals surface area (Å²) >= 11 is 10.9. The van der Waals surface area contributed by atoms with Crippen molar-refractivity contribution in [2.24, 2.45) is 5.10 Å². The van der Waals surface area contributed by atoms with E-state index in [2.05, 4.69) is 54.5 Å². The summed E-state index contributed by atoms with van der Waals surface area (Å²) in [6.07, 6.45) is 1.58. The predicted octanol–water partition coefficient (Wildman–Crippen LogP) is 6.80. The van der Waals surface area contributed by atoms with Gasteiger partial charge in [0.1, 0.15) is 18.1 Å². The molecule has 1 heterocycles. The number of hydrogen-bond donors (Lipinski definition) is 1. The second-order valence-corrected chi connectivity index (χ2v) is 11.8. The highest BCUT2D eigenvalue weighted by Crippen LogP contribution is 2.45. The molecule has 3 aromatic carbocycles. The van der Waals surface area contributed by atoms with Crippen LogP contribution in [0.15, 0.2) is 80.8 Å². The number of carbonyl (C=O) groups is 1. The van der Waals surface area contributed by atoms with Crippen molar-refractivity contribution in [3.63, 3.8) is 0 Å². The van der Waals surface area contributed by atoms with Gasteiger partial charge in [-0.1, -0.05) is 40.2 Å². The maximum absolute atomic E-state index is 12.1. The van der Waals surface area contributed by atoms with Crippen molar-refractivity contribution in [3.8, 4) is 11.5 Å². The Morgan fingerprint density at radius 2 is 1.74 bits per heavy atom. The largest absolute Gasteiger partial charge is 0.488 e. The van der Waals surface area contributed by atoms with Crippen LogP contribution in [0.3, 0.4) is 0 Å². The van der Waals surface area contributed by atoms with E-state index >= 15 is 0 Å². The minimum Gasteiger partial charge on any atom is -0.488 e. The van der Waals surface area contributed by atoms with E-state index in [1.165, 1.54) is 17.1 Å². The van der Waals surface area contributed by atoms with E-state index in [0.29, 0.717) is 16.9 Å². The quantitative estimate of drug-likeness (QED) is 0.210. The fourth-order valence-electron chi connectivity index (χ4n) is 3.09. The molecule has 0 aliphatic carbocycles. The number of thioether (sulfide) groups is 2. The van der Waals surface area contributed by atoms with E-state index < -0.39 is 0 Å². The molecule has 0 saturated carbocycles. The zero-order valence-corrected chi connectivity index (χ0v) is 22.9. The van der Waals surface area contributed by atoms with Crippen LogP contribution in [0.2, 0.25) is 0 Å². The van der Waals surface area contributed by atoms with Gasteiger partial charge in [0, 0.05) is 16.0 Å². The molecule has 1 saturated heterocycles. The molecule has 9 heteroatoms. The van der Waals surface area contributed by atoms with Crippen LogP contribution in [0.1, 0.15) is 21.3 Å². The Balaban J connectivity index is 1.21. The minimum absolute atomic E-state index is 0.101. The first-order valence-corrected chi connectivity index (χ1v) is 14.2. The fourth-order valence-corrected chi connectivity index (χ4v) is 6.72. The van der Waals surface area contributed by atoms with Crippen molar-refractivity contribution in [1.29, 1.82) is 0 Å². The van der Waals surface area contributed by atoms with E-state index in [9.17, 15) is 4.79 Å². The summed E-state index contributed by atoms with van der Waals surface area (Å²) in [4.78, 5) is 12.1. The summed E-state index contributed by atoms with van der Waals surface area (Å²) in [6.45, 7) is 0.368. The third kappa shape index (κ3) is 7.53. The molecule has 0 atom stereocenters. The molecule has 34 heavy (non-hydrogen) atoms. The Hall–Kier alpha value is -1.94. The molecule has 0 unspecified atom stereocenters. The van der Waals surface area contributed by atoms with Gasteiger partial charge < -0.3 is 9.47 Å². The highest BCUT2D eigenvalue weighted by atomic mass is 79.9. The first kappa shape index (κ1) is 25.2. The van der Waals surface area contributed by atoms with E-state index in [1.807, 2.05) is 78.1 Å². The maximum atomic E-state index is 12.1. The van der Waals surface area contributed by atoms with Crippen molar-refractivity contribution in [3.05, 3.63) is 92.4 Å². The summed E-state index contributed by atoms with van der Waals surface area (Å²) in [5, 5.41) is 4.02. The number of hydrazone groups is 1. The average Bonchev–Trinajstić information content (AvgIpc) is 3.39. The Morgan fingerprint density at radius 1 is 1.00 bits per heavy atom. The lowest BCUT2D eigenvalue weighted by molar-refractivity contribution is -0.123. The molecule has 3 aromatic rings. The number of amides is 1. The van der Waals surface area contributed by atoms with Gasteiger partial charge in [0.2, 0.25) is 0 Å². The second kappa shape index (κ2) is 12.7. The number of nitrogens with one attached hydrogen (secondary N) is 1. The van der Waals surface area contributed by atoms with Crippen LogP contribution in [-0.4, -0.2) is 30.2 Å². The Labute approximate surface area is 224 Å². The zero-order valence-electron chi connectivity index (χ0n) is 18.1. The number of benzene rings is 3. The Morgan fingerprint density at radius 3 is 2.44 bits per heavy atom. The summed E-state index contributed by atoms with van der Waals surface area (Å²) in [5.41, 5.74) is 5.67. The second-order valence-electron chi connectivity index (χ2n) is 7.33. The molecule has 0 radical (unpaired) electrons. The van der Waals surface area contributed by atoms with Gasteiger partial charge in [0.05, 0.1) is 15.3 Å². The fraction of sp³-hybridized carbons (Fsp3) is 0.200. The summed E-state index contributed by atoms with van der Waals surface area (Å²) in [5.74, 6) is 3.45. The Kier molecular flexibility index (Phi) is 9.38. The van der Waals surface area contributed by atoms with Gasteiger partial charge in [-0.2, -0.15) is 5.10 Å². The van der Waals surface area contributed by atoms with Gasteiger partial charge in [0.15, 0.2) is 6.61 Å². The average molecular weight is 622 g/mol.